The number of amides is 1. The molecule has 2 rings (SSSR count). The van der Waals surface area contributed by atoms with Crippen molar-refractivity contribution in [3.63, 3.8) is 0 Å². The van der Waals surface area contributed by atoms with E-state index >= 15 is 0 Å². The van der Waals surface area contributed by atoms with Crippen molar-refractivity contribution in [1.29, 1.82) is 0 Å². The van der Waals surface area contributed by atoms with Crippen LogP contribution in [0.4, 0.5) is 15.8 Å². The van der Waals surface area contributed by atoms with Crippen molar-refractivity contribution < 1.29 is 9.18 Å². The Hall–Kier alpha value is -2.14. The van der Waals surface area contributed by atoms with E-state index in [1.54, 1.807) is 12.3 Å². The Bertz CT molecular complexity index is 691. The average Bonchev–Trinajstić information content (AvgIpc) is 2.51. The van der Waals surface area contributed by atoms with Crippen LogP contribution in [0.1, 0.15) is 30.6 Å². The van der Waals surface area contributed by atoms with Crippen molar-refractivity contribution in [2.45, 2.75) is 20.3 Å². The van der Waals surface area contributed by atoms with Crippen molar-refractivity contribution in [1.82, 2.24) is 4.98 Å². The molecule has 6 heteroatoms. The number of hydrogen-bond donors (Lipinski definition) is 2. The van der Waals surface area contributed by atoms with Crippen LogP contribution in [0.2, 0.25) is 5.02 Å². The molecule has 23 heavy (non-hydrogen) atoms. The first-order valence-electron chi connectivity index (χ1n) is 7.41. The summed E-state index contributed by atoms with van der Waals surface area (Å²) in [5.41, 5.74) is 1.63. The fourth-order valence-electron chi connectivity index (χ4n) is 1.94. The highest BCUT2D eigenvalue weighted by molar-refractivity contribution is 6.31. The fraction of sp³-hybridized carbons (Fsp3) is 0.294. The summed E-state index contributed by atoms with van der Waals surface area (Å²) >= 11 is 5.70. The molecule has 0 aliphatic carbocycles. The molecule has 0 aliphatic heterocycles. The van der Waals surface area contributed by atoms with Crippen LogP contribution in [0.5, 0.6) is 0 Å². The van der Waals surface area contributed by atoms with Crippen LogP contribution in [0.25, 0.3) is 0 Å². The summed E-state index contributed by atoms with van der Waals surface area (Å²) in [6, 6.07) is 5.76. The first kappa shape index (κ1) is 17.2. The van der Waals surface area contributed by atoms with Gasteiger partial charge in [-0.25, -0.2) is 4.39 Å². The van der Waals surface area contributed by atoms with Gasteiger partial charge in [0.1, 0.15) is 5.82 Å². The molecule has 0 fully saturated rings. The van der Waals surface area contributed by atoms with E-state index in [2.05, 4.69) is 29.5 Å². The Kier molecular flexibility index (Phi) is 5.93. The van der Waals surface area contributed by atoms with Crippen LogP contribution < -0.4 is 10.6 Å². The predicted molar refractivity (Wildman–Crippen MR) is 91.5 cm³/mol. The van der Waals surface area contributed by atoms with Gasteiger partial charge in [-0.1, -0.05) is 25.4 Å². The number of carbonyl (C=O) groups excluding carboxylic acids is 1. The van der Waals surface area contributed by atoms with Gasteiger partial charge in [-0.05, 0) is 36.6 Å². The third kappa shape index (κ3) is 5.21. The number of hydrogen-bond acceptors (Lipinski definition) is 3. The Balaban J connectivity index is 2.02. The van der Waals surface area contributed by atoms with E-state index in [-0.39, 0.29) is 10.9 Å². The minimum Gasteiger partial charge on any atom is -0.384 e. The molecule has 2 N–H and O–H groups in total. The highest BCUT2D eigenvalue weighted by Gasteiger charge is 2.09. The number of carbonyl (C=O) groups is 1. The van der Waals surface area contributed by atoms with Gasteiger partial charge >= 0.3 is 0 Å². The van der Waals surface area contributed by atoms with Gasteiger partial charge in [0.25, 0.3) is 5.91 Å². The highest BCUT2D eigenvalue weighted by Crippen LogP contribution is 2.20. The van der Waals surface area contributed by atoms with E-state index in [1.165, 1.54) is 24.4 Å². The van der Waals surface area contributed by atoms with Gasteiger partial charge < -0.3 is 10.6 Å². The second-order valence-electron chi connectivity index (χ2n) is 5.65. The van der Waals surface area contributed by atoms with E-state index in [9.17, 15) is 9.18 Å². The number of nitrogens with one attached hydrogen (secondary N) is 2. The molecule has 1 heterocycles. The predicted octanol–water partition coefficient (Wildman–Crippen LogP) is 4.58. The van der Waals surface area contributed by atoms with Crippen LogP contribution in [-0.2, 0) is 0 Å². The summed E-state index contributed by atoms with van der Waals surface area (Å²) in [7, 11) is 0. The number of benzene rings is 1. The molecular formula is C17H19ClFN3O. The minimum atomic E-state index is -0.525. The molecule has 0 radical (unpaired) electrons. The summed E-state index contributed by atoms with van der Waals surface area (Å²) in [6.07, 6.45) is 4.18. The maximum atomic E-state index is 13.1. The number of pyridine rings is 1. The van der Waals surface area contributed by atoms with Gasteiger partial charge in [-0.15, -0.1) is 0 Å². The van der Waals surface area contributed by atoms with Crippen molar-refractivity contribution in [2.24, 2.45) is 5.92 Å². The zero-order valence-corrected chi connectivity index (χ0v) is 13.8. The smallest absolute Gasteiger partial charge is 0.257 e. The van der Waals surface area contributed by atoms with Gasteiger partial charge in [-0.3, -0.25) is 9.78 Å². The Labute approximate surface area is 140 Å². The molecule has 0 bridgehead atoms. The molecule has 4 nitrogen and oxygen atoms in total. The van der Waals surface area contributed by atoms with Gasteiger partial charge in [0, 0.05) is 24.6 Å². The zero-order chi connectivity index (χ0) is 16.8. The van der Waals surface area contributed by atoms with E-state index in [0.717, 1.165) is 18.7 Å². The normalized spacial score (nSPS) is 10.7. The summed E-state index contributed by atoms with van der Waals surface area (Å²) in [5.74, 6) is -0.250. The van der Waals surface area contributed by atoms with E-state index in [1.807, 2.05) is 0 Å². The topological polar surface area (TPSA) is 54.0 Å². The summed E-state index contributed by atoms with van der Waals surface area (Å²) in [4.78, 5) is 16.3. The highest BCUT2D eigenvalue weighted by atomic mass is 35.5. The first-order chi connectivity index (χ1) is 11.0. The van der Waals surface area contributed by atoms with E-state index < -0.39 is 5.82 Å². The van der Waals surface area contributed by atoms with Crippen molar-refractivity contribution in [2.75, 3.05) is 17.2 Å². The molecule has 0 saturated heterocycles. The molecule has 1 aromatic heterocycles. The SMILES string of the molecule is CC(C)CCNc1cncc(C(=O)Nc2ccc(F)c(Cl)c2)c1. The Morgan fingerprint density at radius 1 is 1.26 bits per heavy atom. The fourth-order valence-corrected chi connectivity index (χ4v) is 2.12. The summed E-state index contributed by atoms with van der Waals surface area (Å²) in [6.45, 7) is 5.12. The maximum absolute atomic E-state index is 13.1. The van der Waals surface area contributed by atoms with Gasteiger partial charge in [0.15, 0.2) is 0 Å². The molecule has 0 saturated carbocycles. The minimum absolute atomic E-state index is 0.0370. The number of halogens is 2. The molecule has 1 aromatic carbocycles. The molecule has 122 valence electrons. The van der Waals surface area contributed by atoms with Crippen molar-refractivity contribution >= 4 is 28.9 Å². The number of rotatable bonds is 6. The second-order valence-corrected chi connectivity index (χ2v) is 6.06. The van der Waals surface area contributed by atoms with Crippen LogP contribution in [0.15, 0.2) is 36.7 Å². The average molecular weight is 336 g/mol. The lowest BCUT2D eigenvalue weighted by atomic mass is 10.1. The lowest BCUT2D eigenvalue weighted by Crippen LogP contribution is -2.13. The molecule has 0 atom stereocenters. The van der Waals surface area contributed by atoms with E-state index in [4.69, 9.17) is 11.6 Å². The van der Waals surface area contributed by atoms with Gasteiger partial charge in [-0.2, -0.15) is 0 Å². The summed E-state index contributed by atoms with van der Waals surface area (Å²) in [5, 5.41) is 5.87. The third-order valence-corrected chi connectivity index (χ3v) is 3.52. The molecule has 0 spiro atoms. The second kappa shape index (κ2) is 7.92. The maximum Gasteiger partial charge on any atom is 0.257 e. The molecule has 0 aliphatic rings. The monoisotopic (exact) mass is 335 g/mol. The van der Waals surface area contributed by atoms with Crippen molar-refractivity contribution in [3.8, 4) is 0 Å². The van der Waals surface area contributed by atoms with E-state index in [0.29, 0.717) is 17.2 Å². The zero-order valence-electron chi connectivity index (χ0n) is 13.1. The number of anilines is 2. The standard InChI is InChI=1S/C17H19ClFN3O/c1-11(2)5-6-21-14-7-12(9-20-10-14)17(23)22-13-3-4-16(19)15(18)8-13/h3-4,7-11,21H,5-6H2,1-2H3,(H,22,23). The third-order valence-electron chi connectivity index (χ3n) is 3.23. The lowest BCUT2D eigenvalue weighted by molar-refractivity contribution is 0.102. The van der Waals surface area contributed by atoms with Crippen LogP contribution >= 0.6 is 11.6 Å². The number of aromatic nitrogens is 1. The summed E-state index contributed by atoms with van der Waals surface area (Å²) < 4.78 is 13.1. The van der Waals surface area contributed by atoms with Gasteiger partial charge in [0.2, 0.25) is 0 Å². The number of nitrogens with zero attached hydrogens (tertiary/aromatic N) is 1. The molecule has 2 aromatic rings. The Morgan fingerprint density at radius 3 is 2.74 bits per heavy atom. The largest absolute Gasteiger partial charge is 0.384 e. The van der Waals surface area contributed by atoms with Crippen LogP contribution in [0, 0.1) is 11.7 Å². The quantitative estimate of drug-likeness (QED) is 0.812. The Morgan fingerprint density at radius 2 is 2.04 bits per heavy atom. The van der Waals surface area contributed by atoms with Crippen LogP contribution in [0.3, 0.4) is 0 Å². The molecular weight excluding hydrogens is 317 g/mol. The van der Waals surface area contributed by atoms with Crippen LogP contribution in [-0.4, -0.2) is 17.4 Å². The lowest BCUT2D eigenvalue weighted by Gasteiger charge is -2.10. The van der Waals surface area contributed by atoms with Gasteiger partial charge in [0.05, 0.1) is 16.3 Å². The van der Waals surface area contributed by atoms with Crippen molar-refractivity contribution in [3.05, 3.63) is 53.1 Å². The molecule has 1 amide bonds. The first-order valence-corrected chi connectivity index (χ1v) is 7.79. The molecule has 0 unspecified atom stereocenters.